The minimum absolute atomic E-state index is 0.106. The molecule has 0 aliphatic rings. The number of nitrogens with one attached hydrogen (secondary N) is 1. The number of carboxylic acids is 1. The van der Waals surface area contributed by atoms with Crippen LogP contribution in [0.25, 0.3) is 17.0 Å². The molecule has 0 fully saturated rings. The van der Waals surface area contributed by atoms with Crippen LogP contribution in [0, 0.1) is 6.92 Å². The fraction of sp³-hybridized carbons (Fsp3) is 0.312. The van der Waals surface area contributed by atoms with Crippen molar-refractivity contribution in [1.82, 2.24) is 4.98 Å². The van der Waals surface area contributed by atoms with E-state index in [1.165, 1.54) is 5.56 Å². The van der Waals surface area contributed by atoms with Crippen molar-refractivity contribution < 1.29 is 9.90 Å². The smallest absolute Gasteiger partial charge is 0.328 e. The molecule has 2 rings (SSSR count). The Balaban J connectivity index is 2.55. The first-order valence-electron chi connectivity index (χ1n) is 6.33. The Labute approximate surface area is 113 Å². The molecular formula is C16H19NO2. The summed E-state index contributed by atoms with van der Waals surface area (Å²) in [6.07, 6.45) is 2.76. The molecule has 0 spiro atoms. The SMILES string of the molecule is Cc1c(/C=C/C(=O)O)[nH]c2ccc(C(C)(C)C)cc12. The van der Waals surface area contributed by atoms with E-state index in [0.29, 0.717) is 0 Å². The standard InChI is InChI=1S/C16H19NO2/c1-10-12-9-11(16(2,3)4)5-6-14(12)17-13(10)7-8-15(18)19/h5-9,17H,1-4H3,(H,18,19)/b8-7+. The number of H-pyrrole nitrogens is 1. The molecular weight excluding hydrogens is 238 g/mol. The molecule has 2 aromatic rings. The number of carbonyl (C=O) groups is 1. The van der Waals surface area contributed by atoms with Crippen LogP contribution in [0.15, 0.2) is 24.3 Å². The number of aryl methyl sites for hydroxylation is 1. The predicted molar refractivity (Wildman–Crippen MR) is 78.4 cm³/mol. The predicted octanol–water partition coefficient (Wildman–Crippen LogP) is 3.87. The highest BCUT2D eigenvalue weighted by Gasteiger charge is 2.15. The number of rotatable bonds is 2. The molecule has 0 saturated heterocycles. The maximum Gasteiger partial charge on any atom is 0.328 e. The zero-order chi connectivity index (χ0) is 14.2. The van der Waals surface area contributed by atoms with Crippen LogP contribution in [-0.4, -0.2) is 16.1 Å². The first-order valence-corrected chi connectivity index (χ1v) is 6.33. The highest BCUT2D eigenvalue weighted by molar-refractivity contribution is 5.91. The maximum atomic E-state index is 10.6. The molecule has 0 atom stereocenters. The first-order chi connectivity index (χ1) is 8.79. The highest BCUT2D eigenvalue weighted by atomic mass is 16.4. The summed E-state index contributed by atoms with van der Waals surface area (Å²) in [4.78, 5) is 13.8. The monoisotopic (exact) mass is 257 g/mol. The summed E-state index contributed by atoms with van der Waals surface area (Å²) in [5, 5.41) is 9.84. The van der Waals surface area contributed by atoms with E-state index in [2.05, 4.69) is 44.0 Å². The minimum atomic E-state index is -0.937. The van der Waals surface area contributed by atoms with Crippen molar-refractivity contribution in [2.24, 2.45) is 0 Å². The van der Waals surface area contributed by atoms with E-state index in [9.17, 15) is 4.79 Å². The normalized spacial score (nSPS) is 12.4. The number of benzene rings is 1. The van der Waals surface area contributed by atoms with E-state index in [1.807, 2.05) is 6.92 Å². The molecule has 19 heavy (non-hydrogen) atoms. The molecule has 1 aromatic heterocycles. The molecule has 1 aromatic carbocycles. The van der Waals surface area contributed by atoms with E-state index in [0.717, 1.165) is 28.2 Å². The Morgan fingerprint density at radius 1 is 1.32 bits per heavy atom. The molecule has 1 heterocycles. The van der Waals surface area contributed by atoms with Crippen LogP contribution in [0.2, 0.25) is 0 Å². The highest BCUT2D eigenvalue weighted by Crippen LogP contribution is 2.29. The van der Waals surface area contributed by atoms with Crippen LogP contribution < -0.4 is 0 Å². The van der Waals surface area contributed by atoms with Gasteiger partial charge in [0.2, 0.25) is 0 Å². The average molecular weight is 257 g/mol. The van der Waals surface area contributed by atoms with E-state index in [-0.39, 0.29) is 5.41 Å². The summed E-state index contributed by atoms with van der Waals surface area (Å²) in [7, 11) is 0. The van der Waals surface area contributed by atoms with Gasteiger partial charge in [0.1, 0.15) is 0 Å². The number of aliphatic carboxylic acids is 1. The van der Waals surface area contributed by atoms with Gasteiger partial charge in [-0.1, -0.05) is 26.8 Å². The van der Waals surface area contributed by atoms with Crippen molar-refractivity contribution in [2.75, 3.05) is 0 Å². The van der Waals surface area contributed by atoms with Crippen LogP contribution >= 0.6 is 0 Å². The van der Waals surface area contributed by atoms with Gasteiger partial charge in [0.15, 0.2) is 0 Å². The number of hydrogen-bond acceptors (Lipinski definition) is 1. The van der Waals surface area contributed by atoms with Crippen LogP contribution in [0.1, 0.15) is 37.6 Å². The molecule has 0 aliphatic heterocycles. The van der Waals surface area contributed by atoms with E-state index < -0.39 is 5.97 Å². The molecule has 100 valence electrons. The Kier molecular flexibility index (Phi) is 3.23. The quantitative estimate of drug-likeness (QED) is 0.802. The van der Waals surface area contributed by atoms with Crippen molar-refractivity contribution >= 4 is 22.9 Å². The molecule has 0 unspecified atom stereocenters. The van der Waals surface area contributed by atoms with Gasteiger partial charge in [0.05, 0.1) is 0 Å². The Hall–Kier alpha value is -2.03. The van der Waals surface area contributed by atoms with Crippen LogP contribution in [0.3, 0.4) is 0 Å². The lowest BCUT2D eigenvalue weighted by Crippen LogP contribution is -2.10. The molecule has 0 saturated carbocycles. The molecule has 3 nitrogen and oxygen atoms in total. The first kappa shape index (κ1) is 13.4. The van der Waals surface area contributed by atoms with Crippen molar-refractivity contribution in [3.05, 3.63) is 41.1 Å². The van der Waals surface area contributed by atoms with Gasteiger partial charge >= 0.3 is 5.97 Å². The average Bonchev–Trinajstić information content (AvgIpc) is 2.62. The van der Waals surface area contributed by atoms with Gasteiger partial charge in [-0.2, -0.15) is 0 Å². The Morgan fingerprint density at radius 2 is 2.00 bits per heavy atom. The lowest BCUT2D eigenvalue weighted by molar-refractivity contribution is -0.131. The number of aromatic amines is 1. The lowest BCUT2D eigenvalue weighted by atomic mass is 9.86. The van der Waals surface area contributed by atoms with Gasteiger partial charge in [-0.3, -0.25) is 0 Å². The summed E-state index contributed by atoms with van der Waals surface area (Å²) in [6, 6.07) is 6.35. The molecule has 0 radical (unpaired) electrons. The van der Waals surface area contributed by atoms with Crippen molar-refractivity contribution in [3.8, 4) is 0 Å². The molecule has 0 bridgehead atoms. The summed E-state index contributed by atoms with van der Waals surface area (Å²) in [6.45, 7) is 8.55. The van der Waals surface area contributed by atoms with Gasteiger partial charge < -0.3 is 10.1 Å². The molecule has 0 amide bonds. The number of carboxylic acid groups (broad SMARTS) is 1. The summed E-state index contributed by atoms with van der Waals surface area (Å²) in [5.74, 6) is -0.937. The number of aromatic nitrogens is 1. The van der Waals surface area contributed by atoms with Crippen LogP contribution in [0.4, 0.5) is 0 Å². The summed E-state index contributed by atoms with van der Waals surface area (Å²) in [5.41, 5.74) is 4.35. The minimum Gasteiger partial charge on any atom is -0.478 e. The number of hydrogen-bond donors (Lipinski definition) is 2. The van der Waals surface area contributed by atoms with E-state index >= 15 is 0 Å². The van der Waals surface area contributed by atoms with Crippen LogP contribution in [0.5, 0.6) is 0 Å². The Morgan fingerprint density at radius 3 is 2.58 bits per heavy atom. The summed E-state index contributed by atoms with van der Waals surface area (Å²) >= 11 is 0. The van der Waals surface area contributed by atoms with Crippen molar-refractivity contribution in [3.63, 3.8) is 0 Å². The fourth-order valence-corrected chi connectivity index (χ4v) is 2.14. The van der Waals surface area contributed by atoms with E-state index in [1.54, 1.807) is 6.08 Å². The summed E-state index contributed by atoms with van der Waals surface area (Å²) < 4.78 is 0. The fourth-order valence-electron chi connectivity index (χ4n) is 2.14. The van der Waals surface area contributed by atoms with Crippen molar-refractivity contribution in [2.45, 2.75) is 33.1 Å². The molecule has 2 N–H and O–H groups in total. The Bertz CT molecular complexity index is 657. The zero-order valence-electron chi connectivity index (χ0n) is 11.7. The number of fused-ring (bicyclic) bond motifs is 1. The van der Waals surface area contributed by atoms with Crippen LogP contribution in [-0.2, 0) is 10.2 Å². The van der Waals surface area contributed by atoms with E-state index in [4.69, 9.17) is 5.11 Å². The van der Waals surface area contributed by atoms with Crippen molar-refractivity contribution in [1.29, 1.82) is 0 Å². The third-order valence-corrected chi connectivity index (χ3v) is 3.36. The third-order valence-electron chi connectivity index (χ3n) is 3.36. The van der Waals surface area contributed by atoms with Gasteiger partial charge in [-0.25, -0.2) is 4.79 Å². The van der Waals surface area contributed by atoms with Gasteiger partial charge in [-0.05, 0) is 41.7 Å². The lowest BCUT2D eigenvalue weighted by Gasteiger charge is -2.18. The largest absolute Gasteiger partial charge is 0.478 e. The zero-order valence-corrected chi connectivity index (χ0v) is 11.7. The third kappa shape index (κ3) is 2.70. The van der Waals surface area contributed by atoms with Gasteiger partial charge in [-0.15, -0.1) is 0 Å². The second-order valence-corrected chi connectivity index (χ2v) is 5.85. The molecule has 0 aliphatic carbocycles. The second-order valence-electron chi connectivity index (χ2n) is 5.85. The maximum absolute atomic E-state index is 10.6. The topological polar surface area (TPSA) is 53.1 Å². The second kappa shape index (κ2) is 4.57. The van der Waals surface area contributed by atoms with Gasteiger partial charge in [0, 0.05) is 22.7 Å². The molecule has 3 heteroatoms. The van der Waals surface area contributed by atoms with Gasteiger partial charge in [0.25, 0.3) is 0 Å².